The van der Waals surface area contributed by atoms with Crippen LogP contribution in [0.25, 0.3) is 0 Å². The molecule has 0 spiro atoms. The lowest BCUT2D eigenvalue weighted by Gasteiger charge is -2.36. The number of benzene rings is 1. The zero-order chi connectivity index (χ0) is 18.0. The molecule has 0 N–H and O–H groups in total. The number of halogens is 1. The first kappa shape index (κ1) is 17.7. The van der Waals surface area contributed by atoms with E-state index in [1.54, 1.807) is 36.1 Å². The van der Waals surface area contributed by atoms with Gasteiger partial charge in [-0.05, 0) is 31.2 Å². The summed E-state index contributed by atoms with van der Waals surface area (Å²) in [7, 11) is 0. The van der Waals surface area contributed by atoms with Crippen LogP contribution in [0.1, 0.15) is 13.3 Å². The van der Waals surface area contributed by atoms with Gasteiger partial charge in [0.25, 0.3) is 5.91 Å². The van der Waals surface area contributed by atoms with Crippen molar-refractivity contribution in [3.05, 3.63) is 29.3 Å². The standard InChI is InChI=1S/C17H20ClN3O4/c1-2-25-17(24)20-9-7-19(8-10-20)14-11-15(22)21(16(14)23)13-5-3-12(18)4-6-13/h3-6,14H,2,7-11H2,1H3/t14-/m0/s1. The second kappa shape index (κ2) is 7.41. The predicted molar refractivity (Wildman–Crippen MR) is 92.5 cm³/mol. The van der Waals surface area contributed by atoms with Crippen LogP contribution in [-0.2, 0) is 14.3 Å². The van der Waals surface area contributed by atoms with Crippen molar-refractivity contribution in [1.29, 1.82) is 0 Å². The van der Waals surface area contributed by atoms with Crippen LogP contribution in [-0.4, -0.2) is 66.5 Å². The molecule has 0 bridgehead atoms. The third kappa shape index (κ3) is 3.62. The quantitative estimate of drug-likeness (QED) is 0.763. The molecule has 1 aromatic rings. The number of hydrogen-bond donors (Lipinski definition) is 0. The van der Waals surface area contributed by atoms with E-state index in [0.29, 0.717) is 43.5 Å². The minimum atomic E-state index is -0.479. The van der Waals surface area contributed by atoms with E-state index in [0.717, 1.165) is 0 Å². The summed E-state index contributed by atoms with van der Waals surface area (Å²) in [5, 5.41) is 0.550. The summed E-state index contributed by atoms with van der Waals surface area (Å²) in [6.07, 6.45) is -0.181. The lowest BCUT2D eigenvalue weighted by molar-refractivity contribution is -0.123. The summed E-state index contributed by atoms with van der Waals surface area (Å²) >= 11 is 5.86. The van der Waals surface area contributed by atoms with Crippen molar-refractivity contribution in [1.82, 2.24) is 9.80 Å². The van der Waals surface area contributed by atoms with E-state index in [1.165, 1.54) is 4.90 Å². The number of carbonyl (C=O) groups excluding carboxylic acids is 3. The Balaban J connectivity index is 1.65. The van der Waals surface area contributed by atoms with Crippen LogP contribution >= 0.6 is 11.6 Å². The Kier molecular flexibility index (Phi) is 5.24. The van der Waals surface area contributed by atoms with Crippen LogP contribution in [0.2, 0.25) is 5.02 Å². The van der Waals surface area contributed by atoms with Crippen molar-refractivity contribution in [3.8, 4) is 0 Å². The molecule has 3 rings (SSSR count). The van der Waals surface area contributed by atoms with E-state index < -0.39 is 6.04 Å². The molecule has 7 nitrogen and oxygen atoms in total. The predicted octanol–water partition coefficient (Wildman–Crippen LogP) is 1.75. The van der Waals surface area contributed by atoms with Gasteiger partial charge in [0.15, 0.2) is 0 Å². The maximum absolute atomic E-state index is 12.7. The third-order valence-electron chi connectivity index (χ3n) is 4.49. The van der Waals surface area contributed by atoms with Gasteiger partial charge in [0.2, 0.25) is 5.91 Å². The summed E-state index contributed by atoms with van der Waals surface area (Å²) in [5.41, 5.74) is 0.534. The number of anilines is 1. The van der Waals surface area contributed by atoms with Gasteiger partial charge in [0, 0.05) is 31.2 Å². The molecule has 0 unspecified atom stereocenters. The molecule has 2 saturated heterocycles. The topological polar surface area (TPSA) is 70.2 Å². The molecular weight excluding hydrogens is 346 g/mol. The number of nitrogens with zero attached hydrogens (tertiary/aromatic N) is 3. The van der Waals surface area contributed by atoms with Crippen molar-refractivity contribution in [2.24, 2.45) is 0 Å². The summed E-state index contributed by atoms with van der Waals surface area (Å²) in [6.45, 7) is 4.15. The normalized spacial score (nSPS) is 21.8. The summed E-state index contributed by atoms with van der Waals surface area (Å²) < 4.78 is 4.99. The maximum Gasteiger partial charge on any atom is 0.409 e. The zero-order valence-electron chi connectivity index (χ0n) is 14.0. The molecule has 134 valence electrons. The molecule has 8 heteroatoms. The Hall–Kier alpha value is -2.12. The van der Waals surface area contributed by atoms with Crippen LogP contribution in [0.5, 0.6) is 0 Å². The number of ether oxygens (including phenoxy) is 1. The van der Waals surface area contributed by atoms with Crippen molar-refractivity contribution in [2.45, 2.75) is 19.4 Å². The second-order valence-electron chi connectivity index (χ2n) is 5.99. The monoisotopic (exact) mass is 365 g/mol. The minimum absolute atomic E-state index is 0.154. The molecule has 1 aromatic carbocycles. The van der Waals surface area contributed by atoms with Crippen molar-refractivity contribution < 1.29 is 19.1 Å². The van der Waals surface area contributed by atoms with Crippen LogP contribution < -0.4 is 4.90 Å². The molecule has 25 heavy (non-hydrogen) atoms. The van der Waals surface area contributed by atoms with Gasteiger partial charge in [-0.15, -0.1) is 0 Å². The van der Waals surface area contributed by atoms with Crippen LogP contribution in [0.15, 0.2) is 24.3 Å². The van der Waals surface area contributed by atoms with Gasteiger partial charge >= 0.3 is 6.09 Å². The zero-order valence-corrected chi connectivity index (χ0v) is 14.7. The van der Waals surface area contributed by atoms with E-state index in [4.69, 9.17) is 16.3 Å². The number of carbonyl (C=O) groups is 3. The van der Waals surface area contributed by atoms with Crippen LogP contribution in [0.4, 0.5) is 10.5 Å². The van der Waals surface area contributed by atoms with Gasteiger partial charge in [0.05, 0.1) is 24.8 Å². The van der Waals surface area contributed by atoms with E-state index in [2.05, 4.69) is 0 Å². The van der Waals surface area contributed by atoms with Crippen molar-refractivity contribution >= 4 is 35.2 Å². The van der Waals surface area contributed by atoms with Gasteiger partial charge in [-0.3, -0.25) is 14.5 Å². The maximum atomic E-state index is 12.7. The Morgan fingerprint density at radius 1 is 1.16 bits per heavy atom. The Morgan fingerprint density at radius 2 is 1.80 bits per heavy atom. The average Bonchev–Trinajstić information content (AvgIpc) is 2.91. The van der Waals surface area contributed by atoms with E-state index in [9.17, 15) is 14.4 Å². The lowest BCUT2D eigenvalue weighted by Crippen LogP contribution is -2.54. The highest BCUT2D eigenvalue weighted by Gasteiger charge is 2.43. The average molecular weight is 366 g/mol. The SMILES string of the molecule is CCOC(=O)N1CCN([C@H]2CC(=O)N(c3ccc(Cl)cc3)C2=O)CC1. The molecule has 3 amide bonds. The van der Waals surface area contributed by atoms with Crippen LogP contribution in [0, 0.1) is 0 Å². The molecule has 1 atom stereocenters. The molecule has 0 saturated carbocycles. The molecular formula is C17H20ClN3O4. The lowest BCUT2D eigenvalue weighted by atomic mass is 10.2. The second-order valence-corrected chi connectivity index (χ2v) is 6.42. The van der Waals surface area contributed by atoms with Gasteiger partial charge in [-0.2, -0.15) is 0 Å². The Labute approximate surface area is 151 Å². The Morgan fingerprint density at radius 3 is 2.40 bits per heavy atom. The van der Waals surface area contributed by atoms with E-state index in [-0.39, 0.29) is 24.3 Å². The van der Waals surface area contributed by atoms with Gasteiger partial charge in [-0.1, -0.05) is 11.6 Å². The molecule has 2 aliphatic rings. The number of imide groups is 1. The highest BCUT2D eigenvalue weighted by atomic mass is 35.5. The molecule has 0 radical (unpaired) electrons. The fourth-order valence-electron chi connectivity index (χ4n) is 3.19. The number of amides is 3. The molecule has 2 aliphatic heterocycles. The highest BCUT2D eigenvalue weighted by Crippen LogP contribution is 2.27. The molecule has 0 aromatic heterocycles. The van der Waals surface area contributed by atoms with Gasteiger partial charge < -0.3 is 9.64 Å². The fraction of sp³-hybridized carbons (Fsp3) is 0.471. The number of piperazine rings is 1. The smallest absolute Gasteiger partial charge is 0.409 e. The fourth-order valence-corrected chi connectivity index (χ4v) is 3.32. The number of hydrogen-bond acceptors (Lipinski definition) is 5. The summed E-state index contributed by atoms with van der Waals surface area (Å²) in [6, 6.07) is 6.16. The van der Waals surface area contributed by atoms with Crippen molar-refractivity contribution in [2.75, 3.05) is 37.7 Å². The largest absolute Gasteiger partial charge is 0.450 e. The Bertz CT molecular complexity index is 671. The molecule has 0 aliphatic carbocycles. The highest BCUT2D eigenvalue weighted by molar-refractivity contribution is 6.30. The third-order valence-corrected chi connectivity index (χ3v) is 4.74. The van der Waals surface area contributed by atoms with Gasteiger partial charge in [0.1, 0.15) is 0 Å². The molecule has 2 heterocycles. The van der Waals surface area contributed by atoms with E-state index >= 15 is 0 Å². The van der Waals surface area contributed by atoms with Gasteiger partial charge in [-0.25, -0.2) is 9.69 Å². The first-order valence-corrected chi connectivity index (χ1v) is 8.67. The molecule has 2 fully saturated rings. The number of rotatable bonds is 3. The van der Waals surface area contributed by atoms with E-state index in [1.807, 2.05) is 4.90 Å². The first-order valence-electron chi connectivity index (χ1n) is 8.29. The summed E-state index contributed by atoms with van der Waals surface area (Å²) in [4.78, 5) is 41.6. The minimum Gasteiger partial charge on any atom is -0.450 e. The van der Waals surface area contributed by atoms with Crippen LogP contribution in [0.3, 0.4) is 0 Å². The first-order chi connectivity index (χ1) is 12.0. The summed E-state index contributed by atoms with van der Waals surface area (Å²) in [5.74, 6) is -0.443. The van der Waals surface area contributed by atoms with Crippen molar-refractivity contribution in [3.63, 3.8) is 0 Å².